The van der Waals surface area contributed by atoms with Crippen LogP contribution in [0.5, 0.6) is 5.75 Å². The molecule has 130 valence electrons. The van der Waals surface area contributed by atoms with Gasteiger partial charge in [-0.1, -0.05) is 19.1 Å². The maximum atomic E-state index is 13.6. The first-order valence-corrected chi connectivity index (χ1v) is 7.97. The molecule has 0 bridgehead atoms. The maximum Gasteiger partial charge on any atom is 0.193 e. The molecule has 1 aromatic rings. The molecule has 1 aliphatic heterocycles. The quantitative estimate of drug-likeness (QED) is 0.447. The fourth-order valence-corrected chi connectivity index (χ4v) is 2.75. The van der Waals surface area contributed by atoms with Crippen molar-refractivity contribution in [3.05, 3.63) is 30.1 Å². The highest BCUT2D eigenvalue weighted by Gasteiger charge is 2.19. The molecule has 0 aromatic heterocycles. The van der Waals surface area contributed by atoms with Gasteiger partial charge in [-0.15, -0.1) is 24.0 Å². The Labute approximate surface area is 155 Å². The molecular formula is C17H27FIN3O. The highest BCUT2D eigenvalue weighted by molar-refractivity contribution is 14.0. The van der Waals surface area contributed by atoms with Gasteiger partial charge in [0.1, 0.15) is 6.10 Å². The van der Waals surface area contributed by atoms with Crippen LogP contribution in [0.3, 0.4) is 0 Å². The number of nitrogens with one attached hydrogen (secondary N) is 1. The van der Waals surface area contributed by atoms with Crippen LogP contribution in [0.2, 0.25) is 0 Å². The highest BCUT2D eigenvalue weighted by atomic mass is 127. The lowest BCUT2D eigenvalue weighted by Gasteiger charge is -2.33. The minimum absolute atomic E-state index is 0. The molecule has 2 unspecified atom stereocenters. The van der Waals surface area contributed by atoms with Gasteiger partial charge in [0.05, 0.1) is 6.54 Å². The first kappa shape index (κ1) is 20.0. The maximum absolute atomic E-state index is 13.6. The monoisotopic (exact) mass is 435 g/mol. The van der Waals surface area contributed by atoms with Crippen molar-refractivity contribution >= 4 is 29.9 Å². The van der Waals surface area contributed by atoms with E-state index in [2.05, 4.69) is 22.1 Å². The number of aliphatic imine (C=N–C) groups is 1. The Morgan fingerprint density at radius 2 is 2.22 bits per heavy atom. The fourth-order valence-electron chi connectivity index (χ4n) is 2.75. The van der Waals surface area contributed by atoms with Crippen molar-refractivity contribution in [3.63, 3.8) is 0 Å². The number of ether oxygens (including phenoxy) is 1. The average Bonchev–Trinajstić information content (AvgIpc) is 2.50. The molecule has 1 aromatic carbocycles. The Morgan fingerprint density at radius 1 is 1.48 bits per heavy atom. The van der Waals surface area contributed by atoms with Crippen molar-refractivity contribution < 1.29 is 9.13 Å². The smallest absolute Gasteiger partial charge is 0.193 e. The second kappa shape index (κ2) is 9.95. The minimum Gasteiger partial charge on any atom is -0.486 e. The van der Waals surface area contributed by atoms with Crippen molar-refractivity contribution in [1.29, 1.82) is 0 Å². The van der Waals surface area contributed by atoms with E-state index in [1.165, 1.54) is 18.9 Å². The Hall–Kier alpha value is -1.05. The number of hydrogen-bond donors (Lipinski definition) is 1. The minimum atomic E-state index is -0.330. The van der Waals surface area contributed by atoms with E-state index in [9.17, 15) is 4.39 Å². The molecule has 1 heterocycles. The lowest BCUT2D eigenvalue weighted by Crippen LogP contribution is -2.48. The van der Waals surface area contributed by atoms with Gasteiger partial charge in [0.25, 0.3) is 0 Å². The second-order valence-corrected chi connectivity index (χ2v) is 5.98. The molecule has 1 fully saturated rings. The van der Waals surface area contributed by atoms with E-state index < -0.39 is 0 Å². The molecule has 2 rings (SSSR count). The van der Waals surface area contributed by atoms with Gasteiger partial charge in [-0.05, 0) is 37.8 Å². The van der Waals surface area contributed by atoms with Gasteiger partial charge < -0.3 is 15.0 Å². The van der Waals surface area contributed by atoms with Crippen LogP contribution in [-0.2, 0) is 0 Å². The summed E-state index contributed by atoms with van der Waals surface area (Å²) in [5, 5.41) is 3.33. The van der Waals surface area contributed by atoms with Crippen molar-refractivity contribution in [2.45, 2.75) is 32.8 Å². The van der Waals surface area contributed by atoms with Crippen LogP contribution in [0.25, 0.3) is 0 Å². The molecule has 2 atom stereocenters. The van der Waals surface area contributed by atoms with Crippen LogP contribution in [-0.4, -0.2) is 43.6 Å². The fraction of sp³-hybridized carbons (Fsp3) is 0.588. The number of halogens is 2. The SMILES string of the molecule is CN=C(NCC(C)Oc1ccccc1F)N1CCCC(C)C1.I. The molecule has 0 amide bonds. The lowest BCUT2D eigenvalue weighted by molar-refractivity contribution is 0.209. The van der Waals surface area contributed by atoms with Crippen molar-refractivity contribution in [1.82, 2.24) is 10.2 Å². The third-order valence-electron chi connectivity index (χ3n) is 3.88. The lowest BCUT2D eigenvalue weighted by atomic mass is 10.0. The van der Waals surface area contributed by atoms with E-state index in [-0.39, 0.29) is 35.9 Å². The summed E-state index contributed by atoms with van der Waals surface area (Å²) in [5.41, 5.74) is 0. The molecule has 1 aliphatic rings. The molecule has 0 radical (unpaired) electrons. The summed E-state index contributed by atoms with van der Waals surface area (Å²) >= 11 is 0. The van der Waals surface area contributed by atoms with Crippen molar-refractivity contribution in [2.75, 3.05) is 26.7 Å². The number of nitrogens with zero attached hydrogens (tertiary/aromatic N) is 2. The molecule has 4 nitrogen and oxygen atoms in total. The first-order chi connectivity index (χ1) is 10.6. The third kappa shape index (κ3) is 6.16. The van der Waals surface area contributed by atoms with Gasteiger partial charge >= 0.3 is 0 Å². The zero-order valence-electron chi connectivity index (χ0n) is 14.1. The predicted molar refractivity (Wildman–Crippen MR) is 103 cm³/mol. The topological polar surface area (TPSA) is 36.9 Å². The number of piperidine rings is 1. The van der Waals surface area contributed by atoms with E-state index in [4.69, 9.17) is 4.74 Å². The third-order valence-corrected chi connectivity index (χ3v) is 3.88. The number of guanidine groups is 1. The van der Waals surface area contributed by atoms with E-state index in [0.29, 0.717) is 18.2 Å². The molecule has 0 saturated carbocycles. The average molecular weight is 435 g/mol. The van der Waals surface area contributed by atoms with E-state index in [0.717, 1.165) is 19.0 Å². The van der Waals surface area contributed by atoms with E-state index in [1.807, 2.05) is 6.92 Å². The number of para-hydroxylation sites is 1. The largest absolute Gasteiger partial charge is 0.486 e. The van der Waals surface area contributed by atoms with E-state index >= 15 is 0 Å². The Morgan fingerprint density at radius 3 is 2.87 bits per heavy atom. The number of rotatable bonds is 4. The molecule has 1 saturated heterocycles. The van der Waals surface area contributed by atoms with Crippen LogP contribution >= 0.6 is 24.0 Å². The van der Waals surface area contributed by atoms with Crippen LogP contribution in [0.4, 0.5) is 4.39 Å². The standard InChI is InChI=1S/C17H26FN3O.HI/c1-13-7-6-10-21(12-13)17(19-3)20-11-14(2)22-16-9-5-4-8-15(16)18;/h4-5,8-9,13-14H,6-7,10-12H2,1-3H3,(H,19,20);1H. The summed E-state index contributed by atoms with van der Waals surface area (Å²) in [6.45, 7) is 6.84. The molecule has 1 N–H and O–H groups in total. The van der Waals surface area contributed by atoms with Gasteiger partial charge in [0.2, 0.25) is 0 Å². The van der Waals surface area contributed by atoms with Gasteiger partial charge in [-0.2, -0.15) is 0 Å². The van der Waals surface area contributed by atoms with E-state index in [1.54, 1.807) is 25.2 Å². The Balaban J connectivity index is 0.00000264. The van der Waals surface area contributed by atoms with Gasteiger partial charge in [0, 0.05) is 20.1 Å². The van der Waals surface area contributed by atoms with Crippen LogP contribution in [0.15, 0.2) is 29.3 Å². The zero-order chi connectivity index (χ0) is 15.9. The molecule has 6 heteroatoms. The summed E-state index contributed by atoms with van der Waals surface area (Å²) in [4.78, 5) is 6.63. The Kier molecular flexibility index (Phi) is 8.65. The molecule has 0 aliphatic carbocycles. The normalized spacial score (nSPS) is 19.7. The summed E-state index contributed by atoms with van der Waals surface area (Å²) < 4.78 is 19.2. The summed E-state index contributed by atoms with van der Waals surface area (Å²) in [6, 6.07) is 6.48. The van der Waals surface area contributed by atoms with Gasteiger partial charge in [0.15, 0.2) is 17.5 Å². The van der Waals surface area contributed by atoms with Gasteiger partial charge in [-0.3, -0.25) is 4.99 Å². The molecule has 23 heavy (non-hydrogen) atoms. The summed E-state index contributed by atoms with van der Waals surface area (Å²) in [7, 11) is 1.80. The van der Waals surface area contributed by atoms with Crippen LogP contribution in [0, 0.1) is 11.7 Å². The van der Waals surface area contributed by atoms with Crippen LogP contribution < -0.4 is 10.1 Å². The van der Waals surface area contributed by atoms with Crippen molar-refractivity contribution in [2.24, 2.45) is 10.9 Å². The number of hydrogen-bond acceptors (Lipinski definition) is 2. The Bertz CT molecular complexity index is 512. The first-order valence-electron chi connectivity index (χ1n) is 7.97. The molecule has 0 spiro atoms. The predicted octanol–water partition coefficient (Wildman–Crippen LogP) is 3.52. The number of likely N-dealkylation sites (tertiary alicyclic amines) is 1. The second-order valence-electron chi connectivity index (χ2n) is 5.98. The highest BCUT2D eigenvalue weighted by Crippen LogP contribution is 2.17. The van der Waals surface area contributed by atoms with Crippen molar-refractivity contribution in [3.8, 4) is 5.75 Å². The van der Waals surface area contributed by atoms with Gasteiger partial charge in [-0.25, -0.2) is 4.39 Å². The summed E-state index contributed by atoms with van der Waals surface area (Å²) in [5.74, 6) is 1.55. The number of benzene rings is 1. The summed E-state index contributed by atoms with van der Waals surface area (Å²) in [6.07, 6.45) is 2.33. The van der Waals surface area contributed by atoms with Crippen LogP contribution in [0.1, 0.15) is 26.7 Å². The zero-order valence-corrected chi connectivity index (χ0v) is 16.4. The molecular weight excluding hydrogens is 408 g/mol.